The van der Waals surface area contributed by atoms with Gasteiger partial charge in [0, 0.05) is 5.56 Å². The van der Waals surface area contributed by atoms with Crippen molar-refractivity contribution in [1.29, 1.82) is 0 Å². The van der Waals surface area contributed by atoms with Crippen molar-refractivity contribution in [1.82, 2.24) is 4.98 Å². The highest BCUT2D eigenvalue weighted by atomic mass is 35.5. The molecular formula is C10H8ClNO2. The van der Waals surface area contributed by atoms with Crippen molar-refractivity contribution in [3.05, 3.63) is 35.8 Å². The van der Waals surface area contributed by atoms with E-state index in [0.717, 1.165) is 11.3 Å². The number of ether oxygens (including phenoxy) is 1. The number of methoxy groups -OCH3 is 1. The van der Waals surface area contributed by atoms with Crippen LogP contribution in [0.5, 0.6) is 5.75 Å². The van der Waals surface area contributed by atoms with Crippen LogP contribution >= 0.6 is 11.6 Å². The van der Waals surface area contributed by atoms with E-state index in [4.69, 9.17) is 20.8 Å². The number of aromatic nitrogens is 1. The molecule has 2 rings (SSSR count). The highest BCUT2D eigenvalue weighted by Crippen LogP contribution is 2.24. The van der Waals surface area contributed by atoms with Crippen molar-refractivity contribution in [2.75, 3.05) is 7.11 Å². The summed E-state index contributed by atoms with van der Waals surface area (Å²) in [6, 6.07) is 7.48. The topological polar surface area (TPSA) is 35.3 Å². The summed E-state index contributed by atoms with van der Waals surface area (Å²) in [4.78, 5) is 3.80. The van der Waals surface area contributed by atoms with Gasteiger partial charge in [0.1, 0.15) is 5.75 Å². The van der Waals surface area contributed by atoms with Gasteiger partial charge in [-0.25, -0.2) is 4.98 Å². The van der Waals surface area contributed by atoms with Gasteiger partial charge in [0.05, 0.1) is 13.3 Å². The summed E-state index contributed by atoms with van der Waals surface area (Å²) in [5.74, 6) is 1.46. The molecule has 1 aromatic heterocycles. The van der Waals surface area contributed by atoms with Crippen LogP contribution in [0.1, 0.15) is 0 Å². The Balaban J connectivity index is 2.33. The van der Waals surface area contributed by atoms with Gasteiger partial charge in [-0.15, -0.1) is 0 Å². The molecule has 1 aromatic carbocycles. The first-order valence-electron chi connectivity index (χ1n) is 4.05. The molecule has 2 aromatic rings. The summed E-state index contributed by atoms with van der Waals surface area (Å²) in [5, 5.41) is 0.149. The van der Waals surface area contributed by atoms with E-state index in [-0.39, 0.29) is 5.35 Å². The molecule has 14 heavy (non-hydrogen) atoms. The number of nitrogens with zero attached hydrogens (tertiary/aromatic N) is 1. The molecule has 0 saturated heterocycles. The van der Waals surface area contributed by atoms with Crippen LogP contribution in [0, 0.1) is 0 Å². The van der Waals surface area contributed by atoms with E-state index in [9.17, 15) is 0 Å². The zero-order chi connectivity index (χ0) is 9.97. The second-order valence-corrected chi connectivity index (χ2v) is 3.03. The maximum atomic E-state index is 5.57. The van der Waals surface area contributed by atoms with Crippen LogP contribution in [-0.4, -0.2) is 12.1 Å². The number of halogens is 1. The Morgan fingerprint density at radius 3 is 2.50 bits per heavy atom. The van der Waals surface area contributed by atoms with Crippen molar-refractivity contribution < 1.29 is 9.15 Å². The summed E-state index contributed by atoms with van der Waals surface area (Å²) in [6.45, 7) is 0. The normalized spacial score (nSPS) is 10.1. The number of benzene rings is 1. The lowest BCUT2D eigenvalue weighted by atomic mass is 10.2. The van der Waals surface area contributed by atoms with Gasteiger partial charge in [0.15, 0.2) is 5.76 Å². The lowest BCUT2D eigenvalue weighted by molar-refractivity contribution is 0.415. The Morgan fingerprint density at radius 1 is 1.29 bits per heavy atom. The average molecular weight is 210 g/mol. The van der Waals surface area contributed by atoms with Crippen molar-refractivity contribution in [3.63, 3.8) is 0 Å². The van der Waals surface area contributed by atoms with E-state index >= 15 is 0 Å². The minimum absolute atomic E-state index is 0.149. The third-order valence-electron chi connectivity index (χ3n) is 1.85. The number of hydrogen-bond acceptors (Lipinski definition) is 3. The zero-order valence-electron chi connectivity index (χ0n) is 7.53. The van der Waals surface area contributed by atoms with Crippen molar-refractivity contribution in [3.8, 4) is 17.1 Å². The molecule has 0 saturated carbocycles. The molecule has 4 heteroatoms. The van der Waals surface area contributed by atoms with Gasteiger partial charge < -0.3 is 9.15 Å². The molecule has 0 aliphatic heterocycles. The van der Waals surface area contributed by atoms with Crippen molar-refractivity contribution in [2.45, 2.75) is 0 Å². The van der Waals surface area contributed by atoms with Gasteiger partial charge in [0.2, 0.25) is 0 Å². The Kier molecular flexibility index (Phi) is 2.41. The van der Waals surface area contributed by atoms with Gasteiger partial charge in [-0.05, 0) is 35.9 Å². The fourth-order valence-corrected chi connectivity index (χ4v) is 1.27. The Labute approximate surface area is 86.3 Å². The summed E-state index contributed by atoms with van der Waals surface area (Å²) in [5.41, 5.74) is 0.921. The van der Waals surface area contributed by atoms with Crippen LogP contribution in [0.3, 0.4) is 0 Å². The predicted molar refractivity (Wildman–Crippen MR) is 53.5 cm³/mol. The molecule has 1 heterocycles. The number of oxazole rings is 1. The quantitative estimate of drug-likeness (QED) is 0.763. The van der Waals surface area contributed by atoms with Gasteiger partial charge in [0.25, 0.3) is 5.35 Å². The molecule has 0 spiro atoms. The maximum Gasteiger partial charge on any atom is 0.292 e. The molecule has 0 aliphatic rings. The average Bonchev–Trinajstić information content (AvgIpc) is 2.65. The van der Waals surface area contributed by atoms with Crippen LogP contribution in [0.15, 0.2) is 34.9 Å². The van der Waals surface area contributed by atoms with Crippen LogP contribution in [0.4, 0.5) is 0 Å². The third-order valence-corrected chi connectivity index (χ3v) is 2.03. The molecule has 0 bridgehead atoms. The van der Waals surface area contributed by atoms with E-state index in [1.54, 1.807) is 13.3 Å². The lowest BCUT2D eigenvalue weighted by Crippen LogP contribution is -1.81. The van der Waals surface area contributed by atoms with Crippen molar-refractivity contribution in [2.24, 2.45) is 0 Å². The fraction of sp³-hybridized carbons (Fsp3) is 0.100. The first kappa shape index (κ1) is 9.09. The van der Waals surface area contributed by atoms with E-state index in [2.05, 4.69) is 4.98 Å². The summed E-state index contributed by atoms with van der Waals surface area (Å²) >= 11 is 5.57. The van der Waals surface area contributed by atoms with E-state index in [1.165, 1.54) is 0 Å². The smallest absolute Gasteiger partial charge is 0.292 e. The maximum absolute atomic E-state index is 5.57. The Morgan fingerprint density at radius 2 is 2.00 bits per heavy atom. The highest BCUT2D eigenvalue weighted by Gasteiger charge is 2.03. The lowest BCUT2D eigenvalue weighted by Gasteiger charge is -1.99. The van der Waals surface area contributed by atoms with E-state index < -0.39 is 0 Å². The molecule has 0 radical (unpaired) electrons. The molecule has 72 valence electrons. The SMILES string of the molecule is COc1ccc(-c2cnc(Cl)o2)cc1. The summed E-state index contributed by atoms with van der Waals surface area (Å²) in [7, 11) is 1.63. The molecule has 0 unspecified atom stereocenters. The third kappa shape index (κ3) is 1.72. The van der Waals surface area contributed by atoms with Gasteiger partial charge in [-0.2, -0.15) is 0 Å². The largest absolute Gasteiger partial charge is 0.497 e. The number of rotatable bonds is 2. The van der Waals surface area contributed by atoms with Gasteiger partial charge in [-0.3, -0.25) is 0 Å². The molecule has 0 atom stereocenters. The first-order chi connectivity index (χ1) is 6.79. The van der Waals surface area contributed by atoms with Gasteiger partial charge >= 0.3 is 0 Å². The molecule has 0 fully saturated rings. The minimum atomic E-state index is 0.149. The monoisotopic (exact) mass is 209 g/mol. The first-order valence-corrected chi connectivity index (χ1v) is 4.43. The summed E-state index contributed by atoms with van der Waals surface area (Å²) < 4.78 is 10.2. The second-order valence-electron chi connectivity index (χ2n) is 2.71. The number of hydrogen-bond donors (Lipinski definition) is 0. The van der Waals surface area contributed by atoms with Crippen LogP contribution in [-0.2, 0) is 0 Å². The Bertz CT molecular complexity index is 422. The standard InChI is InChI=1S/C10H8ClNO2/c1-13-8-4-2-7(3-5-8)9-6-12-10(11)14-9/h2-6H,1H3. The minimum Gasteiger partial charge on any atom is -0.497 e. The second kappa shape index (κ2) is 3.72. The van der Waals surface area contributed by atoms with E-state index in [1.807, 2.05) is 24.3 Å². The molecule has 3 nitrogen and oxygen atoms in total. The molecule has 0 N–H and O–H groups in total. The van der Waals surface area contributed by atoms with Crippen LogP contribution < -0.4 is 4.74 Å². The fourth-order valence-electron chi connectivity index (χ4n) is 1.14. The zero-order valence-corrected chi connectivity index (χ0v) is 8.28. The predicted octanol–water partition coefficient (Wildman–Crippen LogP) is 3.00. The summed E-state index contributed by atoms with van der Waals surface area (Å²) in [6.07, 6.45) is 1.59. The van der Waals surface area contributed by atoms with Gasteiger partial charge in [-0.1, -0.05) is 0 Å². The molecule has 0 amide bonds. The van der Waals surface area contributed by atoms with Crippen LogP contribution in [0.25, 0.3) is 11.3 Å². The highest BCUT2D eigenvalue weighted by molar-refractivity contribution is 6.27. The van der Waals surface area contributed by atoms with Crippen LogP contribution in [0.2, 0.25) is 5.35 Å². The Hall–Kier alpha value is -1.48. The molecule has 0 aliphatic carbocycles. The van der Waals surface area contributed by atoms with E-state index in [0.29, 0.717) is 5.76 Å². The molecular weight excluding hydrogens is 202 g/mol. The van der Waals surface area contributed by atoms with Crippen molar-refractivity contribution >= 4 is 11.6 Å².